The van der Waals surface area contributed by atoms with E-state index in [4.69, 9.17) is 0 Å². The average molecular weight is 255 g/mol. The summed E-state index contributed by atoms with van der Waals surface area (Å²) >= 11 is 3.79. The van der Waals surface area contributed by atoms with Crippen LogP contribution in [0.2, 0.25) is 0 Å². The van der Waals surface area contributed by atoms with E-state index < -0.39 is 8.46 Å². The van der Waals surface area contributed by atoms with Crippen molar-refractivity contribution in [3.63, 3.8) is 0 Å². The lowest BCUT2D eigenvalue weighted by atomic mass is 10.2. The first-order chi connectivity index (χ1) is 6.21. The highest BCUT2D eigenvalue weighted by Gasteiger charge is 2.18. The van der Waals surface area contributed by atoms with Gasteiger partial charge in [0.2, 0.25) is 0 Å². The summed E-state index contributed by atoms with van der Waals surface area (Å²) in [5, 5.41) is 4.47. The van der Waals surface area contributed by atoms with E-state index in [9.17, 15) is 0 Å². The fraction of sp³-hybridized carbons (Fsp3) is 0.0909. The Morgan fingerprint density at radius 3 is 2.08 bits per heavy atom. The van der Waals surface area contributed by atoms with E-state index in [1.165, 1.54) is 10.5 Å². The van der Waals surface area contributed by atoms with Crippen molar-refractivity contribution in [1.82, 2.24) is 0 Å². The molecule has 1 aliphatic rings. The molecule has 0 N–H and O–H groups in total. The average Bonchev–Trinajstić information content (AvgIpc) is 2.54. The second-order valence-corrected chi connectivity index (χ2v) is 8.58. The van der Waals surface area contributed by atoms with E-state index in [0.29, 0.717) is 0 Å². The maximum Gasteiger partial charge on any atom is 0.00673 e. The van der Waals surface area contributed by atoms with Crippen molar-refractivity contribution in [3.05, 3.63) is 52.8 Å². The van der Waals surface area contributed by atoms with Gasteiger partial charge in [-0.25, -0.2) is 0 Å². The monoisotopic (exact) mass is 254 g/mol. The Morgan fingerprint density at radius 1 is 1.00 bits per heavy atom. The Labute approximate surface area is 87.9 Å². The molecule has 0 radical (unpaired) electrons. The Hall–Kier alpha value is -0.470. The van der Waals surface area contributed by atoms with Gasteiger partial charge >= 0.3 is 0 Å². The molecule has 1 aromatic rings. The Kier molecular flexibility index (Phi) is 2.35. The van der Waals surface area contributed by atoms with Crippen LogP contribution in [0.25, 0.3) is 0 Å². The molecule has 0 atom stereocenters. The van der Waals surface area contributed by atoms with E-state index in [2.05, 4.69) is 69.0 Å². The highest BCUT2D eigenvalue weighted by Crippen LogP contribution is 2.66. The number of aryl methyl sites for hydroxylation is 1. The third-order valence-electron chi connectivity index (χ3n) is 2.05. The van der Waals surface area contributed by atoms with Crippen molar-refractivity contribution in [2.45, 2.75) is 11.8 Å². The molecule has 1 aromatic carbocycles. The van der Waals surface area contributed by atoms with Crippen LogP contribution in [-0.2, 0) is 0 Å². The normalized spacial score (nSPS) is 20.5. The molecule has 0 saturated heterocycles. The van der Waals surface area contributed by atoms with Gasteiger partial charge in [-0.2, -0.15) is 0 Å². The zero-order valence-electron chi connectivity index (χ0n) is 7.41. The van der Waals surface area contributed by atoms with Crippen molar-refractivity contribution in [2.75, 3.05) is 0 Å². The summed E-state index contributed by atoms with van der Waals surface area (Å²) in [5.41, 5.74) is 1.31. The summed E-state index contributed by atoms with van der Waals surface area (Å²) in [6.07, 6.45) is 4.20. The van der Waals surface area contributed by atoms with Crippen molar-refractivity contribution in [1.29, 1.82) is 0 Å². The second kappa shape index (κ2) is 3.35. The third-order valence-corrected chi connectivity index (χ3v) is 6.56. The third kappa shape index (κ3) is 1.74. The van der Waals surface area contributed by atoms with Crippen LogP contribution in [0.4, 0.5) is 0 Å². The molecular formula is C11H11BrS. The smallest absolute Gasteiger partial charge is 0.00673 e. The number of hydrogen-bond donors (Lipinski definition) is 0. The number of benzene rings is 1. The number of rotatable bonds is 1. The first kappa shape index (κ1) is 9.10. The van der Waals surface area contributed by atoms with Crippen LogP contribution >= 0.6 is 23.3 Å². The van der Waals surface area contributed by atoms with Crippen molar-refractivity contribution in [2.24, 2.45) is 0 Å². The van der Waals surface area contributed by atoms with Crippen LogP contribution in [-0.4, -0.2) is 0 Å². The van der Waals surface area contributed by atoms with Gasteiger partial charge in [0.05, 0.1) is 0 Å². The van der Waals surface area contributed by atoms with Crippen LogP contribution in [0.3, 0.4) is 0 Å². The minimum atomic E-state index is -0.948. The highest BCUT2D eigenvalue weighted by molar-refractivity contribution is 9.59. The maximum absolute atomic E-state index is 3.79. The van der Waals surface area contributed by atoms with Crippen LogP contribution in [0.1, 0.15) is 5.56 Å². The zero-order valence-corrected chi connectivity index (χ0v) is 9.81. The topological polar surface area (TPSA) is 0 Å². The van der Waals surface area contributed by atoms with E-state index >= 15 is 0 Å². The van der Waals surface area contributed by atoms with Crippen LogP contribution in [0.15, 0.2) is 52.1 Å². The molecule has 0 amide bonds. The molecule has 0 bridgehead atoms. The maximum atomic E-state index is 3.79. The molecule has 0 fully saturated rings. The summed E-state index contributed by atoms with van der Waals surface area (Å²) in [5.74, 6) is 0. The molecule has 68 valence electrons. The standard InChI is InChI=1S/C11H11BrS/c1-10-4-6-11(7-5-10)13(12)8-2-3-9-13/h2-9H,1H3. The van der Waals surface area contributed by atoms with Gasteiger partial charge in [-0.1, -0.05) is 29.8 Å². The SMILES string of the molecule is Cc1ccc(S2(Br)C=CC=C2)cc1. The molecular weight excluding hydrogens is 244 g/mol. The minimum Gasteiger partial charge on any atom is -0.115 e. The molecule has 2 heteroatoms. The van der Waals surface area contributed by atoms with Gasteiger partial charge < -0.3 is 0 Å². The highest BCUT2D eigenvalue weighted by atomic mass is 79.9. The molecule has 1 aliphatic heterocycles. The van der Waals surface area contributed by atoms with Crippen LogP contribution < -0.4 is 0 Å². The molecule has 0 spiro atoms. The van der Waals surface area contributed by atoms with E-state index in [-0.39, 0.29) is 0 Å². The summed E-state index contributed by atoms with van der Waals surface area (Å²) in [4.78, 5) is 1.36. The van der Waals surface area contributed by atoms with Gasteiger partial charge in [0, 0.05) is 4.90 Å². The molecule has 0 aliphatic carbocycles. The van der Waals surface area contributed by atoms with E-state index in [1.54, 1.807) is 0 Å². The number of allylic oxidation sites excluding steroid dienone is 2. The summed E-state index contributed by atoms with van der Waals surface area (Å²) < 4.78 is 0. The Bertz CT molecular complexity index is 350. The van der Waals surface area contributed by atoms with E-state index in [1.807, 2.05) is 0 Å². The first-order valence-electron chi connectivity index (χ1n) is 4.15. The molecule has 0 nitrogen and oxygen atoms in total. The summed E-state index contributed by atoms with van der Waals surface area (Å²) in [6, 6.07) is 8.70. The van der Waals surface area contributed by atoms with Crippen LogP contribution in [0, 0.1) is 6.92 Å². The molecule has 0 aromatic heterocycles. The van der Waals surface area contributed by atoms with Gasteiger partial charge in [0.15, 0.2) is 0 Å². The van der Waals surface area contributed by atoms with Gasteiger partial charge in [0.1, 0.15) is 0 Å². The molecule has 0 unspecified atom stereocenters. The van der Waals surface area contributed by atoms with Gasteiger partial charge in [0.25, 0.3) is 0 Å². The number of halogens is 1. The van der Waals surface area contributed by atoms with Gasteiger partial charge in [-0.05, 0) is 44.7 Å². The quantitative estimate of drug-likeness (QED) is 0.692. The minimum absolute atomic E-state index is 0.948. The number of hydrogen-bond acceptors (Lipinski definition) is 0. The molecule has 0 saturated carbocycles. The predicted octanol–water partition coefficient (Wildman–Crippen LogP) is 4.51. The fourth-order valence-electron chi connectivity index (χ4n) is 1.27. The Balaban J connectivity index is 2.41. The van der Waals surface area contributed by atoms with Gasteiger partial charge in [-0.15, -0.1) is 8.46 Å². The predicted molar refractivity (Wildman–Crippen MR) is 64.2 cm³/mol. The van der Waals surface area contributed by atoms with E-state index in [0.717, 1.165) is 0 Å². The van der Waals surface area contributed by atoms with Crippen molar-refractivity contribution >= 4 is 23.3 Å². The lowest BCUT2D eigenvalue weighted by Crippen LogP contribution is -1.82. The molecule has 1 heterocycles. The van der Waals surface area contributed by atoms with Gasteiger partial charge in [-0.3, -0.25) is 0 Å². The fourth-order valence-corrected chi connectivity index (χ4v) is 4.26. The Morgan fingerprint density at radius 2 is 1.54 bits per heavy atom. The lowest BCUT2D eigenvalue weighted by Gasteiger charge is -2.23. The second-order valence-electron chi connectivity index (χ2n) is 3.10. The summed E-state index contributed by atoms with van der Waals surface area (Å²) in [7, 11) is -0.948. The zero-order chi connectivity index (χ0) is 9.31. The van der Waals surface area contributed by atoms with Crippen LogP contribution in [0.5, 0.6) is 0 Å². The molecule has 13 heavy (non-hydrogen) atoms. The van der Waals surface area contributed by atoms with Crippen molar-refractivity contribution < 1.29 is 0 Å². The summed E-state index contributed by atoms with van der Waals surface area (Å²) in [6.45, 7) is 2.11. The van der Waals surface area contributed by atoms with Crippen molar-refractivity contribution in [3.8, 4) is 0 Å². The lowest BCUT2D eigenvalue weighted by molar-refractivity contribution is 1.38. The largest absolute Gasteiger partial charge is 0.115 e. The first-order valence-corrected chi connectivity index (χ1v) is 7.75. The molecule has 2 rings (SSSR count).